The Morgan fingerprint density at radius 2 is 1.73 bits per heavy atom. The summed E-state index contributed by atoms with van der Waals surface area (Å²) in [6.07, 6.45) is 5.10. The molecule has 0 saturated carbocycles. The molecule has 0 atom stereocenters. The SMILES string of the molecule is C=C(c1c(C)c(C(=O)OC(C)C)cc2cc(-c3cncn3C)cn12)N1CCN(C(=O)OC(C)(C)C)CC1. The van der Waals surface area contributed by atoms with Crippen molar-refractivity contribution in [1.82, 2.24) is 23.8 Å². The Morgan fingerprint density at radius 1 is 1.08 bits per heavy atom. The highest BCUT2D eigenvalue weighted by atomic mass is 16.6. The van der Waals surface area contributed by atoms with Crippen LogP contribution in [0.1, 0.15) is 56.2 Å². The molecular formula is C28H37N5O4. The predicted molar refractivity (Wildman–Crippen MR) is 143 cm³/mol. The van der Waals surface area contributed by atoms with E-state index in [4.69, 9.17) is 9.47 Å². The number of imidazole rings is 1. The van der Waals surface area contributed by atoms with Crippen LogP contribution in [-0.4, -0.2) is 73.7 Å². The number of piperazine rings is 1. The molecule has 4 heterocycles. The van der Waals surface area contributed by atoms with E-state index in [0.29, 0.717) is 31.7 Å². The van der Waals surface area contributed by atoms with Gasteiger partial charge in [-0.3, -0.25) is 0 Å². The van der Waals surface area contributed by atoms with E-state index in [0.717, 1.165) is 33.7 Å². The van der Waals surface area contributed by atoms with Gasteiger partial charge in [-0.05, 0) is 59.2 Å². The van der Waals surface area contributed by atoms with Gasteiger partial charge >= 0.3 is 12.1 Å². The lowest BCUT2D eigenvalue weighted by molar-refractivity contribution is 0.0181. The molecule has 1 fully saturated rings. The van der Waals surface area contributed by atoms with Crippen molar-refractivity contribution < 1.29 is 19.1 Å². The molecule has 0 spiro atoms. The summed E-state index contributed by atoms with van der Waals surface area (Å²) in [6.45, 7) is 17.9. The standard InChI is InChI=1S/C28H37N5O4/c1-18(2)36-26(34)23-14-22-13-21(24-15-29-17-30(24)8)16-33(22)25(19(23)3)20(4)31-9-11-32(12-10-31)27(35)37-28(5,6)7/h13-18H,4,9-12H2,1-3,5-8H3. The molecule has 9 nitrogen and oxygen atoms in total. The van der Waals surface area contributed by atoms with Crippen molar-refractivity contribution in [2.75, 3.05) is 26.2 Å². The van der Waals surface area contributed by atoms with E-state index in [-0.39, 0.29) is 18.2 Å². The minimum Gasteiger partial charge on any atom is -0.459 e. The van der Waals surface area contributed by atoms with Crippen LogP contribution in [0.5, 0.6) is 0 Å². The Balaban J connectivity index is 1.70. The second kappa shape index (κ2) is 9.95. The smallest absolute Gasteiger partial charge is 0.410 e. The lowest BCUT2D eigenvalue weighted by Crippen LogP contribution is -2.49. The summed E-state index contributed by atoms with van der Waals surface area (Å²) in [4.78, 5) is 33.7. The topological polar surface area (TPSA) is 81.3 Å². The number of aryl methyl sites for hydroxylation is 1. The van der Waals surface area contributed by atoms with Gasteiger partial charge in [0.25, 0.3) is 0 Å². The third-order valence-electron chi connectivity index (χ3n) is 6.40. The maximum Gasteiger partial charge on any atom is 0.410 e. The molecule has 0 radical (unpaired) electrons. The highest BCUT2D eigenvalue weighted by Crippen LogP contribution is 2.31. The molecule has 0 aliphatic carbocycles. The van der Waals surface area contributed by atoms with E-state index in [2.05, 4.69) is 20.9 Å². The number of hydrogen-bond donors (Lipinski definition) is 0. The van der Waals surface area contributed by atoms with Gasteiger partial charge in [0.2, 0.25) is 0 Å². The van der Waals surface area contributed by atoms with Gasteiger partial charge in [0.05, 0.1) is 41.3 Å². The monoisotopic (exact) mass is 507 g/mol. The predicted octanol–water partition coefficient (Wildman–Crippen LogP) is 4.74. The van der Waals surface area contributed by atoms with Crippen molar-refractivity contribution in [3.63, 3.8) is 0 Å². The molecule has 1 saturated heterocycles. The first-order chi connectivity index (χ1) is 17.4. The molecule has 9 heteroatoms. The van der Waals surface area contributed by atoms with Crippen LogP contribution in [0.2, 0.25) is 0 Å². The van der Waals surface area contributed by atoms with Gasteiger partial charge in [0.1, 0.15) is 5.60 Å². The Kier molecular flexibility index (Phi) is 7.08. The van der Waals surface area contributed by atoms with Crippen LogP contribution >= 0.6 is 0 Å². The van der Waals surface area contributed by atoms with Crippen molar-refractivity contribution in [1.29, 1.82) is 0 Å². The second-order valence-corrected chi connectivity index (χ2v) is 10.8. The first-order valence-electron chi connectivity index (χ1n) is 12.6. The lowest BCUT2D eigenvalue weighted by Gasteiger charge is -2.38. The number of nitrogens with zero attached hydrogens (tertiary/aromatic N) is 5. The Bertz CT molecular complexity index is 1340. The molecule has 3 aromatic rings. The van der Waals surface area contributed by atoms with Crippen molar-refractivity contribution in [2.45, 2.75) is 53.2 Å². The van der Waals surface area contributed by atoms with Crippen molar-refractivity contribution in [3.05, 3.63) is 54.3 Å². The van der Waals surface area contributed by atoms with Crippen LogP contribution in [0.4, 0.5) is 4.79 Å². The fourth-order valence-corrected chi connectivity index (χ4v) is 4.60. The van der Waals surface area contributed by atoms with Crippen LogP contribution in [0.15, 0.2) is 37.4 Å². The molecule has 0 bridgehead atoms. The summed E-state index contributed by atoms with van der Waals surface area (Å²) in [7, 11) is 1.95. The second-order valence-electron chi connectivity index (χ2n) is 10.8. The largest absolute Gasteiger partial charge is 0.459 e. The quantitative estimate of drug-likeness (QED) is 0.464. The third-order valence-corrected chi connectivity index (χ3v) is 6.40. The van der Waals surface area contributed by atoms with E-state index in [9.17, 15) is 9.59 Å². The molecule has 0 aromatic carbocycles. The number of carbonyl (C=O) groups excluding carboxylic acids is 2. The Labute approximate surface area is 218 Å². The van der Waals surface area contributed by atoms with E-state index in [1.807, 2.05) is 77.7 Å². The van der Waals surface area contributed by atoms with Gasteiger partial charge in [-0.1, -0.05) is 6.58 Å². The number of fused-ring (bicyclic) bond motifs is 1. The summed E-state index contributed by atoms with van der Waals surface area (Å²) >= 11 is 0. The van der Waals surface area contributed by atoms with Crippen LogP contribution in [0, 0.1) is 6.92 Å². The van der Waals surface area contributed by atoms with E-state index < -0.39 is 5.60 Å². The third kappa shape index (κ3) is 5.50. The zero-order valence-electron chi connectivity index (χ0n) is 22.9. The average molecular weight is 508 g/mol. The van der Waals surface area contributed by atoms with E-state index >= 15 is 0 Å². The van der Waals surface area contributed by atoms with Crippen molar-refractivity contribution in [2.24, 2.45) is 7.05 Å². The van der Waals surface area contributed by atoms with Gasteiger partial charge in [0, 0.05) is 50.5 Å². The van der Waals surface area contributed by atoms with Gasteiger partial charge in [-0.15, -0.1) is 0 Å². The molecule has 4 rings (SSSR count). The van der Waals surface area contributed by atoms with Crippen LogP contribution < -0.4 is 0 Å². The summed E-state index contributed by atoms with van der Waals surface area (Å²) in [5, 5.41) is 0. The highest BCUT2D eigenvalue weighted by Gasteiger charge is 2.28. The highest BCUT2D eigenvalue weighted by molar-refractivity contribution is 5.94. The Hall–Kier alpha value is -3.75. The van der Waals surface area contributed by atoms with Gasteiger partial charge < -0.3 is 28.2 Å². The number of esters is 1. The molecule has 37 heavy (non-hydrogen) atoms. The molecule has 3 aromatic heterocycles. The van der Waals surface area contributed by atoms with Crippen molar-refractivity contribution in [3.8, 4) is 11.3 Å². The van der Waals surface area contributed by atoms with E-state index in [1.165, 1.54) is 0 Å². The number of hydrogen-bond acceptors (Lipinski definition) is 6. The molecule has 0 unspecified atom stereocenters. The van der Waals surface area contributed by atoms with Crippen LogP contribution in [0.25, 0.3) is 22.5 Å². The minimum absolute atomic E-state index is 0.229. The summed E-state index contributed by atoms with van der Waals surface area (Å²) in [6, 6.07) is 3.91. The molecule has 198 valence electrons. The fraction of sp³-hybridized carbons (Fsp3) is 0.464. The summed E-state index contributed by atoms with van der Waals surface area (Å²) < 4.78 is 15.1. The average Bonchev–Trinajstić information content (AvgIpc) is 3.42. The zero-order valence-corrected chi connectivity index (χ0v) is 22.9. The van der Waals surface area contributed by atoms with E-state index in [1.54, 1.807) is 11.2 Å². The maximum atomic E-state index is 13.0. The van der Waals surface area contributed by atoms with Gasteiger partial charge in [0.15, 0.2) is 0 Å². The molecule has 0 N–H and O–H groups in total. The van der Waals surface area contributed by atoms with Crippen LogP contribution in [0.3, 0.4) is 0 Å². The van der Waals surface area contributed by atoms with Gasteiger partial charge in [-0.2, -0.15) is 0 Å². The Morgan fingerprint density at radius 3 is 2.30 bits per heavy atom. The number of aromatic nitrogens is 3. The summed E-state index contributed by atoms with van der Waals surface area (Å²) in [5.74, 6) is -0.359. The molecule has 1 amide bonds. The fourth-order valence-electron chi connectivity index (χ4n) is 4.60. The lowest BCUT2D eigenvalue weighted by atomic mass is 10.0. The van der Waals surface area contributed by atoms with Crippen molar-refractivity contribution >= 4 is 23.3 Å². The van der Waals surface area contributed by atoms with Crippen LogP contribution in [-0.2, 0) is 16.5 Å². The number of ether oxygens (including phenoxy) is 2. The number of pyridine rings is 1. The summed E-state index contributed by atoms with van der Waals surface area (Å²) in [5.41, 5.74) is 5.22. The maximum absolute atomic E-state index is 13.0. The first kappa shape index (κ1) is 26.3. The normalized spacial score (nSPS) is 14.4. The van der Waals surface area contributed by atoms with Gasteiger partial charge in [-0.25, -0.2) is 14.6 Å². The molecular weight excluding hydrogens is 470 g/mol. The minimum atomic E-state index is -0.536. The first-order valence-corrected chi connectivity index (χ1v) is 12.6. The number of carbonyl (C=O) groups is 2. The zero-order chi connectivity index (χ0) is 27.1. The number of amides is 1. The number of rotatable bonds is 5. The molecule has 1 aliphatic rings. The molecule has 1 aliphatic heterocycles.